The van der Waals surface area contributed by atoms with Gasteiger partial charge in [0.2, 0.25) is 0 Å². The molecule has 18 heavy (non-hydrogen) atoms. The summed E-state index contributed by atoms with van der Waals surface area (Å²) in [6.45, 7) is 0. The molecule has 7 heteroatoms. The molecule has 2 aromatic rings. The Balaban J connectivity index is 2.44. The average Bonchev–Trinajstić information content (AvgIpc) is 2.28. The third kappa shape index (κ3) is 2.60. The van der Waals surface area contributed by atoms with Gasteiger partial charge in [-0.1, -0.05) is 17.7 Å². The summed E-state index contributed by atoms with van der Waals surface area (Å²) >= 11 is 5.88. The second-order valence-corrected chi connectivity index (χ2v) is 5.92. The number of halogens is 1. The largest absolute Gasteiger partial charge is 0.398 e. The highest BCUT2D eigenvalue weighted by atomic mass is 35.5. The topological polar surface area (TPSA) is 85.9 Å². The molecule has 0 atom stereocenters. The van der Waals surface area contributed by atoms with E-state index < -0.39 is 9.84 Å². The minimum atomic E-state index is -3.66. The molecular formula is C11H10ClN3O2S. The molecule has 0 aliphatic heterocycles. The molecule has 0 radical (unpaired) electrons. The average molecular weight is 284 g/mol. The van der Waals surface area contributed by atoms with Crippen LogP contribution in [-0.2, 0) is 15.6 Å². The first-order valence-corrected chi connectivity index (χ1v) is 7.06. The van der Waals surface area contributed by atoms with Crippen LogP contribution in [-0.4, -0.2) is 18.4 Å². The maximum Gasteiger partial charge on any atom is 0.189 e. The highest BCUT2D eigenvalue weighted by molar-refractivity contribution is 7.91. The Hall–Kier alpha value is -1.66. The van der Waals surface area contributed by atoms with Crippen molar-refractivity contribution < 1.29 is 8.42 Å². The lowest BCUT2D eigenvalue weighted by Gasteiger charge is -2.08. The summed E-state index contributed by atoms with van der Waals surface area (Å²) in [6, 6.07) is 6.18. The van der Waals surface area contributed by atoms with Crippen molar-refractivity contribution in [2.45, 2.75) is 10.6 Å². The molecular weight excluding hydrogens is 274 g/mol. The number of anilines is 1. The highest BCUT2D eigenvalue weighted by Crippen LogP contribution is 2.29. The fourth-order valence-corrected chi connectivity index (χ4v) is 3.46. The zero-order valence-corrected chi connectivity index (χ0v) is 10.8. The van der Waals surface area contributed by atoms with Crippen LogP contribution in [0.3, 0.4) is 0 Å². The van der Waals surface area contributed by atoms with Crippen LogP contribution in [0.4, 0.5) is 5.69 Å². The second kappa shape index (κ2) is 4.91. The van der Waals surface area contributed by atoms with E-state index in [1.165, 1.54) is 24.5 Å². The normalized spacial score (nSPS) is 11.4. The van der Waals surface area contributed by atoms with Crippen LogP contribution in [0.1, 0.15) is 5.82 Å². The zero-order chi connectivity index (χ0) is 13.2. The fraction of sp³-hybridized carbons (Fsp3) is 0.0909. The third-order valence-corrected chi connectivity index (χ3v) is 4.39. The summed E-state index contributed by atoms with van der Waals surface area (Å²) in [4.78, 5) is 7.68. The Labute approximate surface area is 110 Å². The highest BCUT2D eigenvalue weighted by Gasteiger charge is 2.22. The molecule has 0 saturated carbocycles. The van der Waals surface area contributed by atoms with Gasteiger partial charge < -0.3 is 5.73 Å². The smallest absolute Gasteiger partial charge is 0.189 e. The minimum absolute atomic E-state index is 0.0703. The number of nitrogens with zero attached hydrogens (tertiary/aromatic N) is 2. The Morgan fingerprint density at radius 3 is 2.44 bits per heavy atom. The van der Waals surface area contributed by atoms with Crippen LogP contribution in [0.15, 0.2) is 41.6 Å². The van der Waals surface area contributed by atoms with Gasteiger partial charge in [0.25, 0.3) is 0 Å². The molecule has 0 unspecified atom stereocenters. The van der Waals surface area contributed by atoms with E-state index in [-0.39, 0.29) is 27.2 Å². The monoisotopic (exact) mass is 283 g/mol. The molecule has 2 N–H and O–H groups in total. The van der Waals surface area contributed by atoms with Gasteiger partial charge in [-0.15, -0.1) is 0 Å². The summed E-state index contributed by atoms with van der Waals surface area (Å²) in [5, 5.41) is 0.103. The van der Waals surface area contributed by atoms with Crippen LogP contribution in [0.25, 0.3) is 0 Å². The molecule has 1 heterocycles. The van der Waals surface area contributed by atoms with Crippen LogP contribution < -0.4 is 5.73 Å². The lowest BCUT2D eigenvalue weighted by atomic mass is 10.3. The van der Waals surface area contributed by atoms with Crippen molar-refractivity contribution in [3.63, 3.8) is 0 Å². The van der Waals surface area contributed by atoms with Gasteiger partial charge in [0.15, 0.2) is 9.84 Å². The summed E-state index contributed by atoms with van der Waals surface area (Å²) in [7, 11) is -3.66. The predicted molar refractivity (Wildman–Crippen MR) is 68.8 cm³/mol. The van der Waals surface area contributed by atoms with Gasteiger partial charge in [-0.2, -0.15) is 0 Å². The van der Waals surface area contributed by atoms with E-state index in [9.17, 15) is 8.42 Å². The molecule has 0 aliphatic carbocycles. The number of nitrogens with two attached hydrogens (primary N) is 1. The van der Waals surface area contributed by atoms with Crippen LogP contribution in [0, 0.1) is 0 Å². The fourth-order valence-electron chi connectivity index (χ4n) is 1.50. The molecule has 1 aromatic carbocycles. The molecule has 2 rings (SSSR count). The second-order valence-electron chi connectivity index (χ2n) is 3.58. The lowest BCUT2D eigenvalue weighted by Crippen LogP contribution is -2.10. The van der Waals surface area contributed by atoms with Crippen molar-refractivity contribution in [3.05, 3.63) is 47.5 Å². The van der Waals surface area contributed by atoms with Crippen LogP contribution in [0.5, 0.6) is 0 Å². The first kappa shape index (κ1) is 12.8. The van der Waals surface area contributed by atoms with Crippen molar-refractivity contribution in [2.24, 2.45) is 0 Å². The number of sulfone groups is 1. The van der Waals surface area contributed by atoms with E-state index in [0.29, 0.717) is 0 Å². The maximum atomic E-state index is 12.2. The summed E-state index contributed by atoms with van der Waals surface area (Å²) in [5.74, 6) is -0.126. The van der Waals surface area contributed by atoms with Gasteiger partial charge >= 0.3 is 0 Å². The van der Waals surface area contributed by atoms with Gasteiger partial charge in [-0.25, -0.2) is 18.4 Å². The van der Waals surface area contributed by atoms with Crippen molar-refractivity contribution in [2.75, 3.05) is 5.73 Å². The Morgan fingerprint density at radius 2 is 1.83 bits per heavy atom. The van der Waals surface area contributed by atoms with E-state index in [1.54, 1.807) is 12.1 Å². The van der Waals surface area contributed by atoms with Gasteiger partial charge in [-0.3, -0.25) is 0 Å². The molecule has 1 aromatic heterocycles. The van der Waals surface area contributed by atoms with Crippen LogP contribution in [0.2, 0.25) is 5.02 Å². The third-order valence-electron chi connectivity index (χ3n) is 2.25. The number of nitrogen functional groups attached to an aromatic ring is 1. The molecule has 0 spiro atoms. The van der Waals surface area contributed by atoms with Crippen molar-refractivity contribution in [1.82, 2.24) is 9.97 Å². The SMILES string of the molecule is Nc1cccc(Cl)c1S(=O)(=O)Cc1ncccn1. The minimum Gasteiger partial charge on any atom is -0.398 e. The Morgan fingerprint density at radius 1 is 1.17 bits per heavy atom. The van der Waals surface area contributed by atoms with Gasteiger partial charge in [-0.05, 0) is 18.2 Å². The van der Waals surface area contributed by atoms with E-state index in [2.05, 4.69) is 9.97 Å². The Kier molecular flexibility index (Phi) is 3.49. The number of hydrogen-bond donors (Lipinski definition) is 1. The van der Waals surface area contributed by atoms with E-state index in [0.717, 1.165) is 0 Å². The standard InChI is InChI=1S/C11H10ClN3O2S/c12-8-3-1-4-9(13)11(8)18(16,17)7-10-14-5-2-6-15-10/h1-6H,7,13H2. The lowest BCUT2D eigenvalue weighted by molar-refractivity contribution is 0.594. The maximum absolute atomic E-state index is 12.2. The van der Waals surface area contributed by atoms with Gasteiger partial charge in [0, 0.05) is 12.4 Å². The van der Waals surface area contributed by atoms with E-state index in [1.807, 2.05) is 0 Å². The van der Waals surface area contributed by atoms with E-state index >= 15 is 0 Å². The number of aromatic nitrogens is 2. The number of rotatable bonds is 3. The van der Waals surface area contributed by atoms with Gasteiger partial charge in [0.05, 0.1) is 10.7 Å². The van der Waals surface area contributed by atoms with Crippen molar-refractivity contribution in [3.8, 4) is 0 Å². The van der Waals surface area contributed by atoms with E-state index in [4.69, 9.17) is 17.3 Å². The molecule has 94 valence electrons. The molecule has 0 saturated heterocycles. The summed E-state index contributed by atoms with van der Waals surface area (Å²) in [5.41, 5.74) is 5.78. The molecule has 0 bridgehead atoms. The summed E-state index contributed by atoms with van der Waals surface area (Å²) in [6.07, 6.45) is 2.96. The predicted octanol–water partition coefficient (Wildman–Crippen LogP) is 1.69. The van der Waals surface area contributed by atoms with Crippen LogP contribution >= 0.6 is 11.6 Å². The first-order chi connectivity index (χ1) is 8.50. The van der Waals surface area contributed by atoms with Gasteiger partial charge in [0.1, 0.15) is 16.5 Å². The molecule has 0 fully saturated rings. The quantitative estimate of drug-likeness (QED) is 0.866. The summed E-state index contributed by atoms with van der Waals surface area (Å²) < 4.78 is 24.4. The molecule has 0 aliphatic rings. The number of hydrogen-bond acceptors (Lipinski definition) is 5. The number of benzene rings is 1. The molecule has 0 amide bonds. The molecule has 5 nitrogen and oxygen atoms in total. The van der Waals surface area contributed by atoms with Crippen molar-refractivity contribution in [1.29, 1.82) is 0 Å². The van der Waals surface area contributed by atoms with Crippen molar-refractivity contribution >= 4 is 27.1 Å². The Bertz CT molecular complexity index is 639. The zero-order valence-electron chi connectivity index (χ0n) is 9.25. The first-order valence-electron chi connectivity index (χ1n) is 5.03.